The Hall–Kier alpha value is -0.730. The largest absolute Gasteiger partial charge is 0.446 e. The Balaban J connectivity index is 4.50. The maximum absolute atomic E-state index is 12.6. The van der Waals surface area contributed by atoms with Crippen molar-refractivity contribution in [2.45, 2.75) is 99.0 Å². The number of nitrogens with zero attached hydrogens (tertiary/aromatic N) is 1. The van der Waals surface area contributed by atoms with E-state index in [-0.39, 0.29) is 12.2 Å². The molecule has 0 atom stereocenters. The summed E-state index contributed by atoms with van der Waals surface area (Å²) >= 11 is 0. The average Bonchev–Trinajstić information content (AvgIpc) is 2.50. The zero-order chi connectivity index (χ0) is 17.7. The van der Waals surface area contributed by atoms with Crippen LogP contribution >= 0.6 is 0 Å². The lowest BCUT2D eigenvalue weighted by Crippen LogP contribution is -2.39. The molecule has 3 heteroatoms. The highest BCUT2D eigenvalue weighted by atomic mass is 16.6. The molecule has 138 valence electrons. The molecule has 0 saturated heterocycles. The fourth-order valence-corrected chi connectivity index (χ4v) is 2.99. The molecule has 3 nitrogen and oxygen atoms in total. The van der Waals surface area contributed by atoms with Crippen molar-refractivity contribution in [2.24, 2.45) is 11.8 Å². The molecule has 0 bridgehead atoms. The molecule has 0 spiro atoms. The molecule has 0 unspecified atom stereocenters. The van der Waals surface area contributed by atoms with E-state index >= 15 is 0 Å². The monoisotopic (exact) mass is 327 g/mol. The first-order valence-corrected chi connectivity index (χ1v) is 9.89. The van der Waals surface area contributed by atoms with Gasteiger partial charge < -0.3 is 9.64 Å². The first kappa shape index (κ1) is 22.3. The second-order valence-corrected chi connectivity index (χ2v) is 7.44. The van der Waals surface area contributed by atoms with Gasteiger partial charge in [0.2, 0.25) is 0 Å². The molecule has 23 heavy (non-hydrogen) atoms. The van der Waals surface area contributed by atoms with Gasteiger partial charge in [0.05, 0.1) is 0 Å². The highest BCUT2D eigenvalue weighted by molar-refractivity contribution is 5.67. The Morgan fingerprint density at radius 2 is 1.22 bits per heavy atom. The highest BCUT2D eigenvalue weighted by Gasteiger charge is 2.24. The normalized spacial score (nSPS) is 11.5. The molecule has 0 aromatic rings. The number of amides is 1. The van der Waals surface area contributed by atoms with Crippen LogP contribution in [0.4, 0.5) is 4.79 Å². The summed E-state index contributed by atoms with van der Waals surface area (Å²) < 4.78 is 5.84. The van der Waals surface area contributed by atoms with Crippen LogP contribution in [0.3, 0.4) is 0 Å². The summed E-state index contributed by atoms with van der Waals surface area (Å²) in [5.74, 6) is 0.724. The average molecular weight is 328 g/mol. The van der Waals surface area contributed by atoms with Crippen LogP contribution < -0.4 is 0 Å². The fourth-order valence-electron chi connectivity index (χ4n) is 2.99. The molecular formula is C20H41NO2. The number of rotatable bonds is 13. The minimum absolute atomic E-state index is 0.0104. The van der Waals surface area contributed by atoms with E-state index in [1.165, 1.54) is 38.5 Å². The lowest BCUT2D eigenvalue weighted by atomic mass is 9.96. The van der Waals surface area contributed by atoms with Gasteiger partial charge in [-0.1, -0.05) is 80.1 Å². The van der Waals surface area contributed by atoms with Crippen LogP contribution in [0.5, 0.6) is 0 Å². The number of unbranched alkanes of at least 4 members (excludes halogenated alkanes) is 6. The van der Waals surface area contributed by atoms with Gasteiger partial charge in [-0.15, -0.1) is 0 Å². The van der Waals surface area contributed by atoms with Crippen LogP contribution in [0.15, 0.2) is 0 Å². The van der Waals surface area contributed by atoms with Gasteiger partial charge in [0.25, 0.3) is 0 Å². The predicted octanol–water partition coefficient (Wildman–Crippen LogP) is 6.27. The summed E-state index contributed by atoms with van der Waals surface area (Å²) in [5.41, 5.74) is 0. The minimum atomic E-state index is -0.106. The molecule has 0 rings (SSSR count). The van der Waals surface area contributed by atoms with Crippen LogP contribution in [0.1, 0.15) is 92.9 Å². The van der Waals surface area contributed by atoms with Crippen molar-refractivity contribution in [3.8, 4) is 0 Å². The lowest BCUT2D eigenvalue weighted by molar-refractivity contribution is 0.0179. The summed E-state index contributed by atoms with van der Waals surface area (Å²) in [6, 6.07) is 0. The Labute approximate surface area is 145 Å². The third-order valence-electron chi connectivity index (χ3n) is 4.37. The van der Waals surface area contributed by atoms with Gasteiger partial charge >= 0.3 is 6.09 Å². The summed E-state index contributed by atoms with van der Waals surface area (Å²) in [5, 5.41) is 0. The summed E-state index contributed by atoms with van der Waals surface area (Å²) in [7, 11) is 0. The SMILES string of the molecule is CCCCCCN(CCCCCC)C(=O)OC(C(C)C)C(C)C. The number of ether oxygens (including phenoxy) is 1. The van der Waals surface area contributed by atoms with Crippen molar-refractivity contribution in [3.05, 3.63) is 0 Å². The van der Waals surface area contributed by atoms with Gasteiger partial charge in [-0.25, -0.2) is 4.79 Å². The molecule has 0 aromatic heterocycles. The molecule has 0 radical (unpaired) electrons. The molecule has 0 heterocycles. The molecule has 0 aliphatic rings. The zero-order valence-corrected chi connectivity index (χ0v) is 16.6. The number of carbonyl (C=O) groups is 1. The Bertz CT molecular complexity index is 269. The maximum Gasteiger partial charge on any atom is 0.410 e. The van der Waals surface area contributed by atoms with Crippen LogP contribution in [-0.2, 0) is 4.74 Å². The van der Waals surface area contributed by atoms with E-state index in [0.29, 0.717) is 11.8 Å². The maximum atomic E-state index is 12.6. The number of hydrogen-bond donors (Lipinski definition) is 0. The molecule has 0 aromatic carbocycles. The second-order valence-electron chi connectivity index (χ2n) is 7.44. The standard InChI is InChI=1S/C20H41NO2/c1-7-9-11-13-15-21(16-14-12-10-8-2)20(22)23-19(17(3)4)18(5)6/h17-19H,7-16H2,1-6H3. The van der Waals surface area contributed by atoms with Gasteiger partial charge in [-0.2, -0.15) is 0 Å². The molecule has 0 aliphatic carbocycles. The van der Waals surface area contributed by atoms with Crippen molar-refractivity contribution in [2.75, 3.05) is 13.1 Å². The van der Waals surface area contributed by atoms with E-state index in [9.17, 15) is 4.79 Å². The van der Waals surface area contributed by atoms with E-state index in [1.54, 1.807) is 0 Å². The van der Waals surface area contributed by atoms with Crippen molar-refractivity contribution < 1.29 is 9.53 Å². The molecule has 0 N–H and O–H groups in total. The number of carbonyl (C=O) groups excluding carboxylic acids is 1. The van der Waals surface area contributed by atoms with Crippen molar-refractivity contribution in [3.63, 3.8) is 0 Å². The van der Waals surface area contributed by atoms with Gasteiger partial charge in [0, 0.05) is 13.1 Å². The van der Waals surface area contributed by atoms with Crippen LogP contribution in [0.2, 0.25) is 0 Å². The van der Waals surface area contributed by atoms with Crippen LogP contribution in [0.25, 0.3) is 0 Å². The van der Waals surface area contributed by atoms with Crippen LogP contribution in [-0.4, -0.2) is 30.2 Å². The lowest BCUT2D eigenvalue weighted by Gasteiger charge is -2.29. The van der Waals surface area contributed by atoms with E-state index in [1.807, 2.05) is 4.90 Å². The molecular weight excluding hydrogens is 286 g/mol. The highest BCUT2D eigenvalue weighted by Crippen LogP contribution is 2.18. The first-order chi connectivity index (χ1) is 10.9. The van der Waals surface area contributed by atoms with E-state index in [0.717, 1.165) is 25.9 Å². The van der Waals surface area contributed by atoms with E-state index in [2.05, 4.69) is 41.5 Å². The summed E-state index contributed by atoms with van der Waals surface area (Å²) in [6.45, 7) is 14.6. The summed E-state index contributed by atoms with van der Waals surface area (Å²) in [4.78, 5) is 14.5. The molecule has 0 aliphatic heterocycles. The third kappa shape index (κ3) is 10.6. The van der Waals surface area contributed by atoms with Crippen molar-refractivity contribution >= 4 is 6.09 Å². The van der Waals surface area contributed by atoms with Gasteiger partial charge in [0.15, 0.2) is 0 Å². The van der Waals surface area contributed by atoms with Crippen molar-refractivity contribution in [1.82, 2.24) is 4.90 Å². The first-order valence-electron chi connectivity index (χ1n) is 9.89. The molecule has 0 fully saturated rings. The Morgan fingerprint density at radius 3 is 1.57 bits per heavy atom. The van der Waals surface area contributed by atoms with Gasteiger partial charge in [-0.3, -0.25) is 0 Å². The third-order valence-corrected chi connectivity index (χ3v) is 4.37. The number of hydrogen-bond acceptors (Lipinski definition) is 2. The van der Waals surface area contributed by atoms with E-state index in [4.69, 9.17) is 4.74 Å². The molecule has 0 saturated carbocycles. The zero-order valence-electron chi connectivity index (χ0n) is 16.6. The second kappa shape index (κ2) is 13.7. The summed E-state index contributed by atoms with van der Waals surface area (Å²) in [6.07, 6.45) is 9.43. The van der Waals surface area contributed by atoms with Gasteiger partial charge in [-0.05, 0) is 24.7 Å². The quantitative estimate of drug-likeness (QED) is 0.373. The van der Waals surface area contributed by atoms with E-state index < -0.39 is 0 Å². The Kier molecular flexibility index (Phi) is 13.3. The molecule has 1 amide bonds. The minimum Gasteiger partial charge on any atom is -0.446 e. The Morgan fingerprint density at radius 1 is 0.783 bits per heavy atom. The van der Waals surface area contributed by atoms with Crippen molar-refractivity contribution in [1.29, 1.82) is 0 Å². The fraction of sp³-hybridized carbons (Fsp3) is 0.950. The smallest absolute Gasteiger partial charge is 0.410 e. The predicted molar refractivity (Wildman–Crippen MR) is 99.8 cm³/mol. The van der Waals surface area contributed by atoms with Gasteiger partial charge in [0.1, 0.15) is 6.10 Å². The van der Waals surface area contributed by atoms with Crippen LogP contribution in [0, 0.1) is 11.8 Å². The topological polar surface area (TPSA) is 29.5 Å².